The van der Waals surface area contributed by atoms with E-state index in [4.69, 9.17) is 16.7 Å². The molecule has 0 aromatic heterocycles. The Hall–Kier alpha value is -1.26. The summed E-state index contributed by atoms with van der Waals surface area (Å²) in [5, 5.41) is 12.4. The third kappa shape index (κ3) is 3.35. The van der Waals surface area contributed by atoms with E-state index in [1.165, 1.54) is 0 Å². The van der Waals surface area contributed by atoms with Crippen molar-refractivity contribution in [2.24, 2.45) is 0 Å². The summed E-state index contributed by atoms with van der Waals surface area (Å²) in [5.74, 6) is -0.131. The highest BCUT2D eigenvalue weighted by Crippen LogP contribution is 2.21. The van der Waals surface area contributed by atoms with Gasteiger partial charge in [0.05, 0.1) is 12.2 Å². The lowest BCUT2D eigenvalue weighted by atomic mass is 10.1. The van der Waals surface area contributed by atoms with Crippen molar-refractivity contribution in [2.45, 2.75) is 6.92 Å². The fraction of sp³-hybridized carbons (Fsp3) is 0.417. The van der Waals surface area contributed by atoms with Crippen LogP contribution in [0.1, 0.15) is 17.3 Å². The molecule has 0 heterocycles. The van der Waals surface area contributed by atoms with Gasteiger partial charge in [0.25, 0.3) is 5.91 Å². The number of hydrogen-bond donors (Lipinski definition) is 2. The lowest BCUT2D eigenvalue weighted by Crippen LogP contribution is -2.33. The number of aliphatic hydroxyl groups is 1. The molecule has 1 rings (SSSR count). The molecule has 1 aromatic carbocycles. The molecule has 94 valence electrons. The maximum Gasteiger partial charge on any atom is 0.256 e. The Labute approximate surface area is 106 Å². The van der Waals surface area contributed by atoms with Crippen LogP contribution in [0.5, 0.6) is 0 Å². The standard InChI is InChI=1S/C12H17ClN2O2/c1-3-15(6-7-16)12(17)10-8-9(13)4-5-11(10)14-2/h4-5,8,14,16H,3,6-7H2,1-2H3. The van der Waals surface area contributed by atoms with E-state index in [1.807, 2.05) is 6.92 Å². The molecule has 0 aliphatic heterocycles. The molecule has 0 atom stereocenters. The highest BCUT2D eigenvalue weighted by Gasteiger charge is 2.17. The van der Waals surface area contributed by atoms with Crippen LogP contribution in [0.15, 0.2) is 18.2 Å². The smallest absolute Gasteiger partial charge is 0.256 e. The second-order valence-corrected chi connectivity index (χ2v) is 3.98. The summed E-state index contributed by atoms with van der Waals surface area (Å²) in [6.45, 7) is 2.70. The Morgan fingerprint density at radius 1 is 1.53 bits per heavy atom. The largest absolute Gasteiger partial charge is 0.395 e. The Balaban J connectivity index is 3.04. The zero-order valence-corrected chi connectivity index (χ0v) is 10.8. The molecule has 0 radical (unpaired) electrons. The Kier molecular flexibility index (Phi) is 5.25. The first kappa shape index (κ1) is 13.8. The van der Waals surface area contributed by atoms with Gasteiger partial charge in [-0.3, -0.25) is 4.79 Å². The van der Waals surface area contributed by atoms with Gasteiger partial charge in [-0.05, 0) is 25.1 Å². The number of aliphatic hydroxyl groups excluding tert-OH is 1. The van der Waals surface area contributed by atoms with Crippen molar-refractivity contribution in [3.05, 3.63) is 28.8 Å². The monoisotopic (exact) mass is 256 g/mol. The van der Waals surface area contributed by atoms with Gasteiger partial charge in [0.1, 0.15) is 0 Å². The molecule has 4 nitrogen and oxygen atoms in total. The van der Waals surface area contributed by atoms with Crippen molar-refractivity contribution in [2.75, 3.05) is 32.1 Å². The minimum Gasteiger partial charge on any atom is -0.395 e. The zero-order valence-electron chi connectivity index (χ0n) is 10.0. The molecule has 0 aliphatic carbocycles. The molecule has 2 N–H and O–H groups in total. The van der Waals surface area contributed by atoms with E-state index in [1.54, 1.807) is 30.1 Å². The predicted octanol–water partition coefficient (Wildman–Crippen LogP) is 1.84. The molecular weight excluding hydrogens is 240 g/mol. The summed E-state index contributed by atoms with van der Waals surface area (Å²) >= 11 is 5.89. The first-order valence-corrected chi connectivity index (χ1v) is 5.89. The van der Waals surface area contributed by atoms with Crippen LogP contribution in [0, 0.1) is 0 Å². The molecule has 0 spiro atoms. The molecule has 1 amide bonds. The van der Waals surface area contributed by atoms with E-state index in [0.29, 0.717) is 23.7 Å². The van der Waals surface area contributed by atoms with Gasteiger partial charge in [0.2, 0.25) is 0 Å². The van der Waals surface area contributed by atoms with E-state index in [0.717, 1.165) is 5.69 Å². The maximum absolute atomic E-state index is 12.2. The minimum absolute atomic E-state index is 0.0466. The number of anilines is 1. The first-order valence-electron chi connectivity index (χ1n) is 5.51. The van der Waals surface area contributed by atoms with E-state index in [9.17, 15) is 4.79 Å². The summed E-state index contributed by atoms with van der Waals surface area (Å²) in [6.07, 6.45) is 0. The van der Waals surface area contributed by atoms with Crippen LogP contribution in [0.2, 0.25) is 5.02 Å². The average molecular weight is 257 g/mol. The number of carbonyl (C=O) groups excluding carboxylic acids is 1. The fourth-order valence-corrected chi connectivity index (χ4v) is 1.78. The summed E-state index contributed by atoms with van der Waals surface area (Å²) < 4.78 is 0. The quantitative estimate of drug-likeness (QED) is 0.845. The number of nitrogens with zero attached hydrogens (tertiary/aromatic N) is 1. The second-order valence-electron chi connectivity index (χ2n) is 3.55. The van der Waals surface area contributed by atoms with E-state index < -0.39 is 0 Å². The Bertz CT molecular complexity index is 396. The highest BCUT2D eigenvalue weighted by atomic mass is 35.5. The molecule has 0 fully saturated rings. The number of halogens is 1. The van der Waals surface area contributed by atoms with Crippen molar-refractivity contribution in [3.8, 4) is 0 Å². The number of rotatable bonds is 5. The summed E-state index contributed by atoms with van der Waals surface area (Å²) in [4.78, 5) is 13.8. The Morgan fingerprint density at radius 3 is 2.76 bits per heavy atom. The van der Waals surface area contributed by atoms with E-state index in [-0.39, 0.29) is 12.5 Å². The number of amides is 1. The molecule has 0 saturated heterocycles. The lowest BCUT2D eigenvalue weighted by molar-refractivity contribution is 0.0733. The van der Waals surface area contributed by atoms with Gasteiger partial charge < -0.3 is 15.3 Å². The van der Waals surface area contributed by atoms with Crippen LogP contribution in [-0.2, 0) is 0 Å². The first-order chi connectivity index (χ1) is 8.13. The summed E-state index contributed by atoms with van der Waals surface area (Å²) in [7, 11) is 1.75. The van der Waals surface area contributed by atoms with Crippen molar-refractivity contribution in [1.82, 2.24) is 4.90 Å². The van der Waals surface area contributed by atoms with Gasteiger partial charge in [0.15, 0.2) is 0 Å². The molecular formula is C12H17ClN2O2. The molecule has 0 unspecified atom stereocenters. The third-order valence-electron chi connectivity index (χ3n) is 2.52. The van der Waals surface area contributed by atoms with Gasteiger partial charge in [0, 0.05) is 30.8 Å². The van der Waals surface area contributed by atoms with E-state index >= 15 is 0 Å². The van der Waals surface area contributed by atoms with Gasteiger partial charge in [-0.15, -0.1) is 0 Å². The number of carbonyl (C=O) groups is 1. The lowest BCUT2D eigenvalue weighted by Gasteiger charge is -2.21. The fourth-order valence-electron chi connectivity index (χ4n) is 1.61. The second kappa shape index (κ2) is 6.47. The molecule has 0 saturated carbocycles. The zero-order chi connectivity index (χ0) is 12.8. The third-order valence-corrected chi connectivity index (χ3v) is 2.76. The highest BCUT2D eigenvalue weighted by molar-refractivity contribution is 6.31. The molecule has 1 aromatic rings. The van der Waals surface area contributed by atoms with Crippen LogP contribution in [-0.4, -0.2) is 42.7 Å². The van der Waals surface area contributed by atoms with Gasteiger partial charge in [-0.1, -0.05) is 11.6 Å². The summed E-state index contributed by atoms with van der Waals surface area (Å²) in [6, 6.07) is 5.13. The molecule has 17 heavy (non-hydrogen) atoms. The van der Waals surface area contributed by atoms with Gasteiger partial charge in [-0.25, -0.2) is 0 Å². The van der Waals surface area contributed by atoms with Crippen LogP contribution >= 0.6 is 11.6 Å². The normalized spacial score (nSPS) is 10.1. The predicted molar refractivity (Wildman–Crippen MR) is 69.7 cm³/mol. The topological polar surface area (TPSA) is 52.6 Å². The van der Waals surface area contributed by atoms with Crippen molar-refractivity contribution >= 4 is 23.2 Å². The van der Waals surface area contributed by atoms with Gasteiger partial charge in [-0.2, -0.15) is 0 Å². The van der Waals surface area contributed by atoms with Crippen LogP contribution in [0.4, 0.5) is 5.69 Å². The van der Waals surface area contributed by atoms with E-state index in [2.05, 4.69) is 5.32 Å². The molecule has 0 bridgehead atoms. The summed E-state index contributed by atoms with van der Waals surface area (Å²) in [5.41, 5.74) is 1.26. The number of hydrogen-bond acceptors (Lipinski definition) is 3. The molecule has 0 aliphatic rings. The van der Waals surface area contributed by atoms with Crippen LogP contribution < -0.4 is 5.32 Å². The number of benzene rings is 1. The Morgan fingerprint density at radius 2 is 2.24 bits per heavy atom. The SMILES string of the molecule is CCN(CCO)C(=O)c1cc(Cl)ccc1NC. The minimum atomic E-state index is -0.131. The molecule has 5 heteroatoms. The van der Waals surface area contributed by atoms with Crippen molar-refractivity contribution < 1.29 is 9.90 Å². The number of likely N-dealkylation sites (N-methyl/N-ethyl adjacent to an activating group) is 1. The van der Waals surface area contributed by atoms with Gasteiger partial charge >= 0.3 is 0 Å². The van der Waals surface area contributed by atoms with Crippen molar-refractivity contribution in [3.63, 3.8) is 0 Å². The van der Waals surface area contributed by atoms with Crippen molar-refractivity contribution in [1.29, 1.82) is 0 Å². The van der Waals surface area contributed by atoms with Crippen LogP contribution in [0.25, 0.3) is 0 Å². The van der Waals surface area contributed by atoms with Crippen LogP contribution in [0.3, 0.4) is 0 Å². The average Bonchev–Trinajstić information content (AvgIpc) is 2.35. The maximum atomic E-state index is 12.2. The number of nitrogens with one attached hydrogen (secondary N) is 1.